The van der Waals surface area contributed by atoms with E-state index in [1.165, 1.54) is 0 Å². The molecule has 0 bridgehead atoms. The Balaban J connectivity index is 2.68. The van der Waals surface area contributed by atoms with Gasteiger partial charge >= 0.3 is 6.03 Å². The lowest BCUT2D eigenvalue weighted by atomic mass is 10.3. The summed E-state index contributed by atoms with van der Waals surface area (Å²) in [6, 6.07) is 6.58. The van der Waals surface area contributed by atoms with Gasteiger partial charge < -0.3 is 15.4 Å². The average Bonchev–Trinajstić information content (AvgIpc) is 2.31. The van der Waals surface area contributed by atoms with Crippen LogP contribution in [-0.4, -0.2) is 18.7 Å². The van der Waals surface area contributed by atoms with Gasteiger partial charge in [-0.2, -0.15) is 0 Å². The summed E-state index contributed by atoms with van der Waals surface area (Å²) < 4.78 is 5.39. The van der Waals surface area contributed by atoms with Crippen LogP contribution in [0.25, 0.3) is 0 Å². The highest BCUT2D eigenvalue weighted by atomic mass is 16.5. The third-order valence-corrected chi connectivity index (χ3v) is 2.03. The lowest BCUT2D eigenvalue weighted by molar-refractivity contribution is 0.251. The molecule has 1 aromatic rings. The van der Waals surface area contributed by atoms with Gasteiger partial charge in [-0.05, 0) is 26.0 Å². The van der Waals surface area contributed by atoms with E-state index in [0.29, 0.717) is 18.0 Å². The topological polar surface area (TPSA) is 50.4 Å². The molecule has 90 valence electrons. The van der Waals surface area contributed by atoms with Crippen LogP contribution in [0.3, 0.4) is 0 Å². The van der Waals surface area contributed by atoms with Gasteiger partial charge in [0.05, 0.1) is 18.3 Å². The first-order valence-electron chi connectivity index (χ1n) is 5.42. The predicted octanol–water partition coefficient (Wildman–Crippen LogP) is 2.23. The fourth-order valence-electron chi connectivity index (χ4n) is 1.25. The Morgan fingerprint density at radius 2 is 2.24 bits per heavy atom. The lowest BCUT2D eigenvalue weighted by Gasteiger charge is -2.13. The van der Waals surface area contributed by atoms with Crippen LogP contribution in [0.1, 0.15) is 13.8 Å². The van der Waals surface area contributed by atoms with Crippen molar-refractivity contribution in [3.05, 3.63) is 24.3 Å². The molecule has 1 aromatic carbocycles. The van der Waals surface area contributed by atoms with Gasteiger partial charge in [-0.3, -0.25) is 0 Å². The zero-order chi connectivity index (χ0) is 12.7. The Morgan fingerprint density at radius 3 is 2.88 bits per heavy atom. The van der Waals surface area contributed by atoms with E-state index in [1.807, 2.05) is 19.1 Å². The van der Waals surface area contributed by atoms with E-state index in [0.717, 1.165) is 0 Å². The third kappa shape index (κ3) is 4.07. The number of hydrogen-bond acceptors (Lipinski definition) is 2. The number of amides is 2. The Morgan fingerprint density at radius 1 is 1.53 bits per heavy atom. The second-order valence-corrected chi connectivity index (χ2v) is 3.42. The quantitative estimate of drug-likeness (QED) is 0.782. The van der Waals surface area contributed by atoms with Crippen LogP contribution in [-0.2, 0) is 0 Å². The normalized spacial score (nSPS) is 11.1. The number of hydrogen-bond donors (Lipinski definition) is 2. The number of urea groups is 1. The first-order chi connectivity index (χ1) is 8.17. The van der Waals surface area contributed by atoms with E-state index < -0.39 is 0 Å². The van der Waals surface area contributed by atoms with Crippen LogP contribution < -0.4 is 15.4 Å². The molecule has 1 atom stereocenters. The smallest absolute Gasteiger partial charge is 0.320 e. The monoisotopic (exact) mass is 232 g/mol. The number of nitrogens with one attached hydrogen (secondary N) is 2. The van der Waals surface area contributed by atoms with E-state index >= 15 is 0 Å². The Kier molecular flexibility index (Phi) is 4.89. The van der Waals surface area contributed by atoms with Gasteiger partial charge in [-0.1, -0.05) is 18.1 Å². The second-order valence-electron chi connectivity index (χ2n) is 3.42. The summed E-state index contributed by atoms with van der Waals surface area (Å²) in [6.45, 7) is 4.16. The molecule has 1 unspecified atom stereocenters. The standard InChI is InChI=1S/C13H16N2O2/c1-4-10(3)14-13(16)15-11-8-6-7-9-12(11)17-5-2/h1,6-10H,5H2,2-3H3,(H2,14,15,16). The maximum atomic E-state index is 11.6. The highest BCUT2D eigenvalue weighted by Gasteiger charge is 2.08. The van der Waals surface area contributed by atoms with Crippen molar-refractivity contribution in [1.82, 2.24) is 5.32 Å². The molecule has 0 fully saturated rings. The maximum Gasteiger partial charge on any atom is 0.320 e. The summed E-state index contributed by atoms with van der Waals surface area (Å²) in [5.41, 5.74) is 0.621. The number of terminal acetylenes is 1. The van der Waals surface area contributed by atoms with Gasteiger partial charge in [0.15, 0.2) is 0 Å². The van der Waals surface area contributed by atoms with Crippen LogP contribution in [0.4, 0.5) is 10.5 Å². The minimum atomic E-state index is -0.345. The molecule has 0 heterocycles. The van der Waals surface area contributed by atoms with Crippen molar-refractivity contribution in [2.45, 2.75) is 19.9 Å². The number of benzene rings is 1. The number of para-hydroxylation sites is 2. The van der Waals surface area contributed by atoms with E-state index in [-0.39, 0.29) is 12.1 Å². The zero-order valence-electron chi connectivity index (χ0n) is 9.99. The summed E-state index contributed by atoms with van der Waals surface area (Å²) in [5.74, 6) is 3.06. The minimum Gasteiger partial charge on any atom is -0.492 e. The summed E-state index contributed by atoms with van der Waals surface area (Å²) in [5, 5.41) is 5.30. The van der Waals surface area contributed by atoms with Crippen LogP contribution in [0.5, 0.6) is 5.75 Å². The van der Waals surface area contributed by atoms with Gasteiger partial charge in [0.1, 0.15) is 5.75 Å². The number of carbonyl (C=O) groups excluding carboxylic acids is 1. The molecular weight excluding hydrogens is 216 g/mol. The van der Waals surface area contributed by atoms with Crippen LogP contribution in [0, 0.1) is 12.3 Å². The Hall–Kier alpha value is -2.15. The molecule has 4 nitrogen and oxygen atoms in total. The van der Waals surface area contributed by atoms with Gasteiger partial charge in [-0.15, -0.1) is 6.42 Å². The molecule has 0 aliphatic carbocycles. The van der Waals surface area contributed by atoms with E-state index in [4.69, 9.17) is 11.2 Å². The summed E-state index contributed by atoms with van der Waals surface area (Å²) >= 11 is 0. The first-order valence-corrected chi connectivity index (χ1v) is 5.42. The fraction of sp³-hybridized carbons (Fsp3) is 0.308. The van der Waals surface area contributed by atoms with Crippen LogP contribution in [0.2, 0.25) is 0 Å². The van der Waals surface area contributed by atoms with Gasteiger partial charge in [0.25, 0.3) is 0 Å². The van der Waals surface area contributed by atoms with Gasteiger partial charge in [0.2, 0.25) is 0 Å². The van der Waals surface area contributed by atoms with Crippen molar-refractivity contribution in [1.29, 1.82) is 0 Å². The Bertz CT molecular complexity index is 424. The van der Waals surface area contributed by atoms with E-state index in [1.54, 1.807) is 19.1 Å². The first kappa shape index (κ1) is 12.9. The third-order valence-electron chi connectivity index (χ3n) is 2.03. The minimum absolute atomic E-state index is 0.311. The largest absolute Gasteiger partial charge is 0.492 e. The SMILES string of the molecule is C#CC(C)NC(=O)Nc1ccccc1OCC. The summed E-state index contributed by atoms with van der Waals surface area (Å²) in [4.78, 5) is 11.6. The maximum absolute atomic E-state index is 11.6. The molecule has 0 radical (unpaired) electrons. The molecule has 2 N–H and O–H groups in total. The number of ether oxygens (including phenoxy) is 1. The van der Waals surface area contributed by atoms with Gasteiger partial charge in [0, 0.05) is 0 Å². The van der Waals surface area contributed by atoms with E-state index in [9.17, 15) is 4.79 Å². The fourth-order valence-corrected chi connectivity index (χ4v) is 1.25. The van der Waals surface area contributed by atoms with Crippen LogP contribution >= 0.6 is 0 Å². The van der Waals surface area contributed by atoms with Crippen molar-refractivity contribution in [2.24, 2.45) is 0 Å². The Labute approximate surface area is 101 Å². The van der Waals surface area contributed by atoms with Crippen molar-refractivity contribution >= 4 is 11.7 Å². The molecule has 1 rings (SSSR count). The van der Waals surface area contributed by atoms with Crippen molar-refractivity contribution in [3.8, 4) is 18.1 Å². The average molecular weight is 232 g/mol. The van der Waals surface area contributed by atoms with Crippen molar-refractivity contribution in [3.63, 3.8) is 0 Å². The van der Waals surface area contributed by atoms with E-state index in [2.05, 4.69) is 16.6 Å². The molecule has 2 amide bonds. The molecule has 4 heteroatoms. The molecule has 17 heavy (non-hydrogen) atoms. The lowest BCUT2D eigenvalue weighted by Crippen LogP contribution is -2.35. The number of anilines is 1. The van der Waals surface area contributed by atoms with Crippen molar-refractivity contribution < 1.29 is 9.53 Å². The molecule has 0 spiro atoms. The highest BCUT2D eigenvalue weighted by Crippen LogP contribution is 2.23. The molecule has 0 aliphatic rings. The molecule has 0 aromatic heterocycles. The number of rotatable bonds is 4. The second kappa shape index (κ2) is 6.44. The molecule has 0 aliphatic heterocycles. The molecule has 0 saturated carbocycles. The number of carbonyl (C=O) groups is 1. The summed E-state index contributed by atoms with van der Waals surface area (Å²) in [7, 11) is 0. The van der Waals surface area contributed by atoms with Gasteiger partial charge in [-0.25, -0.2) is 4.79 Å². The molecule has 0 saturated heterocycles. The predicted molar refractivity (Wildman–Crippen MR) is 68.1 cm³/mol. The highest BCUT2D eigenvalue weighted by molar-refractivity contribution is 5.91. The molecular formula is C13H16N2O2. The summed E-state index contributed by atoms with van der Waals surface area (Å²) in [6.07, 6.45) is 5.17. The van der Waals surface area contributed by atoms with Crippen molar-refractivity contribution in [2.75, 3.05) is 11.9 Å². The zero-order valence-corrected chi connectivity index (χ0v) is 9.99. The van der Waals surface area contributed by atoms with Crippen LogP contribution in [0.15, 0.2) is 24.3 Å².